The highest BCUT2D eigenvalue weighted by molar-refractivity contribution is 7.22. The molecule has 1 aromatic heterocycles. The van der Waals surface area contributed by atoms with Crippen molar-refractivity contribution in [3.8, 4) is 0 Å². The van der Waals surface area contributed by atoms with Crippen molar-refractivity contribution in [2.75, 3.05) is 11.6 Å². The van der Waals surface area contributed by atoms with Crippen molar-refractivity contribution in [2.45, 2.75) is 25.4 Å². The fraction of sp³-hybridized carbons (Fsp3) is 0.357. The van der Waals surface area contributed by atoms with Gasteiger partial charge in [-0.15, -0.1) is 0 Å². The Labute approximate surface area is 119 Å². The Morgan fingerprint density at radius 1 is 1.35 bits per heavy atom. The molecule has 1 atom stereocenters. The van der Waals surface area contributed by atoms with Crippen LogP contribution in [0.15, 0.2) is 29.4 Å². The van der Waals surface area contributed by atoms with Crippen molar-refractivity contribution in [1.29, 1.82) is 0 Å². The van der Waals surface area contributed by atoms with Gasteiger partial charge in [0.15, 0.2) is 0 Å². The first-order valence-corrected chi connectivity index (χ1v) is 7.50. The third-order valence-electron chi connectivity index (χ3n) is 3.56. The van der Waals surface area contributed by atoms with E-state index in [2.05, 4.69) is 10.1 Å². The number of nitrogens with zero attached hydrogens (tertiary/aromatic N) is 3. The number of rotatable bonds is 2. The SMILES string of the molecule is O=C1CC(C2CCCO2)=NN1c1nc2ccccc2s1. The summed E-state index contributed by atoms with van der Waals surface area (Å²) >= 11 is 1.49. The van der Waals surface area contributed by atoms with E-state index in [1.165, 1.54) is 16.3 Å². The van der Waals surface area contributed by atoms with Crippen LogP contribution in [0.25, 0.3) is 10.2 Å². The zero-order valence-electron chi connectivity index (χ0n) is 10.8. The number of carbonyl (C=O) groups excluding carboxylic acids is 1. The van der Waals surface area contributed by atoms with E-state index in [9.17, 15) is 4.79 Å². The molecule has 0 N–H and O–H groups in total. The minimum absolute atomic E-state index is 0.0123. The third-order valence-corrected chi connectivity index (χ3v) is 4.57. The molecule has 20 heavy (non-hydrogen) atoms. The molecule has 0 aliphatic carbocycles. The monoisotopic (exact) mass is 287 g/mol. The second-order valence-corrected chi connectivity index (χ2v) is 5.95. The maximum atomic E-state index is 12.1. The van der Waals surface area contributed by atoms with Gasteiger partial charge in [-0.3, -0.25) is 4.79 Å². The van der Waals surface area contributed by atoms with E-state index >= 15 is 0 Å². The number of ether oxygens (including phenoxy) is 1. The Kier molecular flexibility index (Phi) is 2.78. The normalized spacial score (nSPS) is 22.8. The summed E-state index contributed by atoms with van der Waals surface area (Å²) in [6.45, 7) is 0.763. The molecular formula is C14H13N3O2S. The van der Waals surface area contributed by atoms with Crippen LogP contribution in [0.4, 0.5) is 5.13 Å². The van der Waals surface area contributed by atoms with Crippen LogP contribution >= 0.6 is 11.3 Å². The van der Waals surface area contributed by atoms with Gasteiger partial charge in [0, 0.05) is 6.61 Å². The zero-order chi connectivity index (χ0) is 13.5. The lowest BCUT2D eigenvalue weighted by Crippen LogP contribution is -2.20. The fourth-order valence-corrected chi connectivity index (χ4v) is 3.50. The molecule has 5 nitrogen and oxygen atoms in total. The van der Waals surface area contributed by atoms with Gasteiger partial charge in [0.05, 0.1) is 28.5 Å². The summed E-state index contributed by atoms with van der Waals surface area (Å²) < 4.78 is 6.67. The first kappa shape index (κ1) is 12.0. The molecule has 1 amide bonds. The van der Waals surface area contributed by atoms with Crippen molar-refractivity contribution in [3.63, 3.8) is 0 Å². The summed E-state index contributed by atoms with van der Waals surface area (Å²) in [5, 5.41) is 6.51. The number of hydrogen-bond acceptors (Lipinski definition) is 5. The maximum absolute atomic E-state index is 12.1. The van der Waals surface area contributed by atoms with Gasteiger partial charge >= 0.3 is 0 Å². The van der Waals surface area contributed by atoms with E-state index in [0.29, 0.717) is 11.6 Å². The summed E-state index contributed by atoms with van der Waals surface area (Å²) in [6, 6.07) is 7.86. The van der Waals surface area contributed by atoms with Crippen LogP contribution in [-0.2, 0) is 9.53 Å². The highest BCUT2D eigenvalue weighted by Crippen LogP contribution is 2.32. The molecule has 1 fully saturated rings. The quantitative estimate of drug-likeness (QED) is 0.853. The fourth-order valence-electron chi connectivity index (χ4n) is 2.57. The number of aromatic nitrogens is 1. The highest BCUT2D eigenvalue weighted by atomic mass is 32.1. The van der Waals surface area contributed by atoms with Gasteiger partial charge < -0.3 is 4.74 Å². The third kappa shape index (κ3) is 1.92. The molecule has 0 bridgehead atoms. The number of hydrazone groups is 1. The van der Waals surface area contributed by atoms with Gasteiger partial charge in [-0.05, 0) is 25.0 Å². The van der Waals surface area contributed by atoms with Crippen LogP contribution in [0.1, 0.15) is 19.3 Å². The Morgan fingerprint density at radius 3 is 3.05 bits per heavy atom. The van der Waals surface area contributed by atoms with Crippen molar-refractivity contribution in [2.24, 2.45) is 5.10 Å². The van der Waals surface area contributed by atoms with Crippen LogP contribution in [0.3, 0.4) is 0 Å². The lowest BCUT2D eigenvalue weighted by molar-refractivity contribution is -0.116. The van der Waals surface area contributed by atoms with E-state index in [4.69, 9.17) is 4.74 Å². The lowest BCUT2D eigenvalue weighted by atomic mass is 10.1. The van der Waals surface area contributed by atoms with Gasteiger partial charge in [0.25, 0.3) is 5.91 Å². The van der Waals surface area contributed by atoms with E-state index in [1.54, 1.807) is 0 Å². The molecule has 2 aromatic rings. The van der Waals surface area contributed by atoms with Gasteiger partial charge in [-0.1, -0.05) is 23.5 Å². The summed E-state index contributed by atoms with van der Waals surface area (Å²) in [4.78, 5) is 16.6. The summed E-state index contributed by atoms with van der Waals surface area (Å²) in [6.07, 6.45) is 2.36. The largest absolute Gasteiger partial charge is 0.372 e. The molecule has 0 spiro atoms. The molecule has 0 saturated carbocycles. The predicted molar refractivity (Wildman–Crippen MR) is 78.1 cm³/mol. The molecule has 1 aromatic carbocycles. The number of hydrogen-bond donors (Lipinski definition) is 0. The van der Waals surface area contributed by atoms with E-state index in [0.717, 1.165) is 35.4 Å². The van der Waals surface area contributed by atoms with Crippen molar-refractivity contribution in [3.05, 3.63) is 24.3 Å². The van der Waals surface area contributed by atoms with E-state index < -0.39 is 0 Å². The summed E-state index contributed by atoms with van der Waals surface area (Å²) in [7, 11) is 0. The summed E-state index contributed by atoms with van der Waals surface area (Å²) in [5.41, 5.74) is 1.74. The molecule has 6 heteroatoms. The van der Waals surface area contributed by atoms with Gasteiger partial charge in [0.1, 0.15) is 0 Å². The first-order chi connectivity index (χ1) is 9.81. The van der Waals surface area contributed by atoms with E-state index in [1.807, 2.05) is 24.3 Å². The topological polar surface area (TPSA) is 54.8 Å². The molecule has 1 saturated heterocycles. The predicted octanol–water partition coefficient (Wildman–Crippen LogP) is 2.57. The maximum Gasteiger partial charge on any atom is 0.255 e. The van der Waals surface area contributed by atoms with E-state index in [-0.39, 0.29) is 12.0 Å². The number of amides is 1. The van der Waals surface area contributed by atoms with Crippen LogP contribution in [0.5, 0.6) is 0 Å². The Morgan fingerprint density at radius 2 is 2.25 bits per heavy atom. The van der Waals surface area contributed by atoms with Gasteiger partial charge in [-0.25, -0.2) is 4.98 Å². The Bertz CT molecular complexity index is 670. The number of thiazole rings is 1. The molecule has 1 unspecified atom stereocenters. The number of fused-ring (bicyclic) bond motifs is 1. The molecule has 4 rings (SSSR count). The number of carbonyl (C=O) groups is 1. The summed E-state index contributed by atoms with van der Waals surface area (Å²) in [5.74, 6) is -0.0189. The molecular weight excluding hydrogens is 274 g/mol. The van der Waals surface area contributed by atoms with Gasteiger partial charge in [0.2, 0.25) is 5.13 Å². The van der Waals surface area contributed by atoms with Crippen LogP contribution in [0, 0.1) is 0 Å². The second-order valence-electron chi connectivity index (χ2n) is 4.94. The molecule has 2 aliphatic rings. The van der Waals surface area contributed by atoms with Gasteiger partial charge in [-0.2, -0.15) is 10.1 Å². The van der Waals surface area contributed by atoms with Crippen molar-refractivity contribution in [1.82, 2.24) is 4.98 Å². The van der Waals surface area contributed by atoms with Crippen LogP contribution in [-0.4, -0.2) is 29.3 Å². The lowest BCUT2D eigenvalue weighted by Gasteiger charge is -2.07. The zero-order valence-corrected chi connectivity index (χ0v) is 11.6. The minimum Gasteiger partial charge on any atom is -0.372 e. The number of anilines is 1. The minimum atomic E-state index is -0.0189. The number of benzene rings is 1. The molecule has 3 heterocycles. The van der Waals surface area contributed by atoms with Crippen LogP contribution < -0.4 is 5.01 Å². The standard InChI is InChI=1S/C14H13N3O2S/c18-13-8-10(11-5-3-7-19-11)16-17(13)14-15-9-4-1-2-6-12(9)20-14/h1-2,4,6,11H,3,5,7-8H2. The first-order valence-electron chi connectivity index (χ1n) is 6.69. The molecule has 0 radical (unpaired) electrons. The molecule has 102 valence electrons. The Balaban J connectivity index is 1.68. The van der Waals surface area contributed by atoms with Crippen LogP contribution in [0.2, 0.25) is 0 Å². The molecule has 2 aliphatic heterocycles. The van der Waals surface area contributed by atoms with Crippen molar-refractivity contribution >= 4 is 38.3 Å². The average molecular weight is 287 g/mol. The smallest absolute Gasteiger partial charge is 0.255 e. The Hall–Kier alpha value is -1.79. The second kappa shape index (κ2) is 4.64. The average Bonchev–Trinajstić information content (AvgIpc) is 3.16. The highest BCUT2D eigenvalue weighted by Gasteiger charge is 2.33. The van der Waals surface area contributed by atoms with Crippen molar-refractivity contribution < 1.29 is 9.53 Å². The number of para-hydroxylation sites is 1.